The van der Waals surface area contributed by atoms with Gasteiger partial charge in [0.1, 0.15) is 0 Å². The predicted molar refractivity (Wildman–Crippen MR) is 161 cm³/mol. The van der Waals surface area contributed by atoms with E-state index in [9.17, 15) is 4.79 Å². The molecule has 0 aliphatic heterocycles. The van der Waals surface area contributed by atoms with Crippen LogP contribution in [-0.4, -0.2) is 39.9 Å². The number of rotatable bonds is 0. The number of benzene rings is 1. The second-order valence-corrected chi connectivity index (χ2v) is 8.44. The second kappa shape index (κ2) is 13.7. The zero-order valence-electron chi connectivity index (χ0n) is 21.8. The molecule has 0 saturated carbocycles. The summed E-state index contributed by atoms with van der Waals surface area (Å²) in [4.78, 5) is 41.4. The van der Waals surface area contributed by atoms with E-state index in [-0.39, 0.29) is 5.69 Å². The van der Waals surface area contributed by atoms with Crippen molar-refractivity contribution in [3.63, 3.8) is 0 Å². The van der Waals surface area contributed by atoms with Crippen LogP contribution in [0.3, 0.4) is 0 Å². The fourth-order valence-corrected chi connectivity index (χ4v) is 3.72. The third kappa shape index (κ3) is 7.55. The molecule has 0 spiro atoms. The number of aromatic nitrogens is 8. The summed E-state index contributed by atoms with van der Waals surface area (Å²) in [5.74, 6) is 0. The molecule has 1 aromatic carbocycles. The van der Waals surface area contributed by atoms with Crippen molar-refractivity contribution in [2.75, 3.05) is 0 Å². The van der Waals surface area contributed by atoms with Crippen LogP contribution >= 0.6 is 0 Å². The first-order chi connectivity index (χ1) is 20.3. The quantitative estimate of drug-likeness (QED) is 0.257. The van der Waals surface area contributed by atoms with Crippen LogP contribution in [0.25, 0.3) is 44.0 Å². The fraction of sp³-hybridized carbons (Fsp3) is 0. The maximum Gasteiger partial charge on any atom is 0.345 e. The molecule has 7 aromatic heterocycles. The summed E-state index contributed by atoms with van der Waals surface area (Å²) in [6.07, 6.45) is 12.0. The molecule has 1 N–H and O–H groups in total. The van der Waals surface area contributed by atoms with Gasteiger partial charge in [-0.3, -0.25) is 0 Å². The highest BCUT2D eigenvalue weighted by atomic mass is 16.1. The smallest absolute Gasteiger partial charge is 0.305 e. The molecule has 0 unspecified atom stereocenters. The molecule has 9 nitrogen and oxygen atoms in total. The number of fused-ring (bicyclic) bond motifs is 4. The van der Waals surface area contributed by atoms with Crippen molar-refractivity contribution < 1.29 is 0 Å². The van der Waals surface area contributed by atoms with Crippen molar-refractivity contribution in [1.29, 1.82) is 0 Å². The van der Waals surface area contributed by atoms with Gasteiger partial charge in [0, 0.05) is 64.9 Å². The predicted octanol–water partition coefficient (Wildman–Crippen LogP) is 5.81. The van der Waals surface area contributed by atoms with E-state index in [4.69, 9.17) is 0 Å². The van der Waals surface area contributed by atoms with Crippen molar-refractivity contribution in [2.45, 2.75) is 0 Å². The van der Waals surface area contributed by atoms with Crippen LogP contribution in [0, 0.1) is 0 Å². The van der Waals surface area contributed by atoms with Gasteiger partial charge in [0.15, 0.2) is 16.9 Å². The average Bonchev–Trinajstić information content (AvgIpc) is 3.06. The Morgan fingerprint density at radius 3 is 1.10 bits per heavy atom. The van der Waals surface area contributed by atoms with Gasteiger partial charge in [-0.2, -0.15) is 0 Å². The van der Waals surface area contributed by atoms with Crippen LogP contribution < -0.4 is 5.69 Å². The van der Waals surface area contributed by atoms with Crippen LogP contribution in [0.5, 0.6) is 0 Å². The molecule has 0 amide bonds. The summed E-state index contributed by atoms with van der Waals surface area (Å²) in [5, 5.41) is 4.21. The minimum absolute atomic E-state index is 0.302. The van der Waals surface area contributed by atoms with E-state index in [1.165, 1.54) is 0 Å². The summed E-state index contributed by atoms with van der Waals surface area (Å²) in [6.45, 7) is 0. The molecule has 0 aliphatic carbocycles. The van der Waals surface area contributed by atoms with Crippen LogP contribution in [0.15, 0.2) is 145 Å². The Hall–Kier alpha value is -5.96. The van der Waals surface area contributed by atoms with E-state index in [2.05, 4.69) is 39.9 Å². The molecule has 0 saturated heterocycles. The third-order valence-corrected chi connectivity index (χ3v) is 5.65. The maximum absolute atomic E-state index is 10.7. The van der Waals surface area contributed by atoms with Gasteiger partial charge < -0.3 is 4.98 Å². The summed E-state index contributed by atoms with van der Waals surface area (Å²) < 4.78 is 0. The van der Waals surface area contributed by atoms with E-state index in [0.717, 1.165) is 44.0 Å². The first-order valence-corrected chi connectivity index (χ1v) is 12.7. The normalized spacial score (nSPS) is 10.0. The molecule has 0 radical (unpaired) electrons. The standard InChI is InChI=1S/C8H6N2O.3C8H6N2/c11-8-9-5-6-3-1-2-4-7(6)10-8;3*1-3-7-4-2-6-10-8(7)9-5-1/h1-5H,(H,9,10,11);3*1-6H. The van der Waals surface area contributed by atoms with E-state index in [0.29, 0.717) is 0 Å². The minimum atomic E-state index is -0.302. The average molecular weight is 537 g/mol. The highest BCUT2D eigenvalue weighted by molar-refractivity contribution is 5.77. The number of nitrogens with zero attached hydrogens (tertiary/aromatic N) is 7. The van der Waals surface area contributed by atoms with Gasteiger partial charge in [-0.25, -0.2) is 39.7 Å². The summed E-state index contributed by atoms with van der Waals surface area (Å²) >= 11 is 0. The Morgan fingerprint density at radius 2 is 0.732 bits per heavy atom. The summed E-state index contributed by atoms with van der Waals surface area (Å²) in [5.41, 5.74) is 2.95. The zero-order valence-corrected chi connectivity index (χ0v) is 21.8. The SMILES string of the molecule is O=c1ncc2ccccc2[nH]1.c1cnc2ncccc2c1.c1cnc2ncccc2c1.c1cnc2ncccc2c1. The van der Waals surface area contributed by atoms with E-state index < -0.39 is 0 Å². The molecule has 8 aromatic rings. The molecule has 198 valence electrons. The van der Waals surface area contributed by atoms with Gasteiger partial charge in [-0.05, 0) is 78.9 Å². The molecule has 9 heteroatoms. The topological polar surface area (TPSA) is 123 Å². The van der Waals surface area contributed by atoms with Gasteiger partial charge in [-0.1, -0.05) is 18.2 Å². The van der Waals surface area contributed by atoms with Gasteiger partial charge in [0.25, 0.3) is 0 Å². The van der Waals surface area contributed by atoms with Crippen molar-refractivity contribution in [2.24, 2.45) is 0 Å². The molecular formula is C32H24N8O. The van der Waals surface area contributed by atoms with Crippen LogP contribution in [0.2, 0.25) is 0 Å². The van der Waals surface area contributed by atoms with Gasteiger partial charge in [0.2, 0.25) is 0 Å². The van der Waals surface area contributed by atoms with Crippen molar-refractivity contribution in [1.82, 2.24) is 39.9 Å². The number of nitrogens with one attached hydrogen (secondary N) is 1. The first kappa shape index (κ1) is 26.6. The van der Waals surface area contributed by atoms with Crippen LogP contribution in [0.1, 0.15) is 0 Å². The number of para-hydroxylation sites is 1. The highest BCUT2D eigenvalue weighted by Gasteiger charge is 1.91. The fourth-order valence-electron chi connectivity index (χ4n) is 3.72. The molecule has 0 atom stereocenters. The highest BCUT2D eigenvalue weighted by Crippen LogP contribution is 2.07. The van der Waals surface area contributed by atoms with Gasteiger partial charge >= 0.3 is 5.69 Å². The Morgan fingerprint density at radius 1 is 0.390 bits per heavy atom. The van der Waals surface area contributed by atoms with Crippen LogP contribution in [0.4, 0.5) is 0 Å². The number of hydrogen-bond acceptors (Lipinski definition) is 8. The molecule has 8 rings (SSSR count). The Bertz CT molecular complexity index is 1700. The largest absolute Gasteiger partial charge is 0.345 e. The van der Waals surface area contributed by atoms with Crippen LogP contribution in [-0.2, 0) is 0 Å². The maximum atomic E-state index is 10.7. The molecular weight excluding hydrogens is 512 g/mol. The molecule has 0 fully saturated rings. The lowest BCUT2D eigenvalue weighted by atomic mass is 10.2. The van der Waals surface area contributed by atoms with Crippen molar-refractivity contribution >= 4 is 44.0 Å². The zero-order chi connectivity index (χ0) is 28.1. The Kier molecular flexibility index (Phi) is 8.92. The van der Waals surface area contributed by atoms with Crippen molar-refractivity contribution in [3.8, 4) is 0 Å². The number of hydrogen-bond donors (Lipinski definition) is 1. The van der Waals surface area contributed by atoms with E-state index in [1.54, 1.807) is 43.4 Å². The van der Waals surface area contributed by atoms with Gasteiger partial charge in [0.05, 0.1) is 5.52 Å². The molecule has 0 aliphatic rings. The number of aromatic amines is 1. The number of pyridine rings is 6. The summed E-state index contributed by atoms with van der Waals surface area (Å²) in [7, 11) is 0. The number of H-pyrrole nitrogens is 1. The Labute approximate surface area is 234 Å². The minimum Gasteiger partial charge on any atom is -0.305 e. The van der Waals surface area contributed by atoms with E-state index in [1.807, 2.05) is 97.1 Å². The molecule has 7 heterocycles. The third-order valence-electron chi connectivity index (χ3n) is 5.65. The Balaban J connectivity index is 0.000000110. The molecule has 41 heavy (non-hydrogen) atoms. The second-order valence-electron chi connectivity index (χ2n) is 8.44. The molecule has 0 bridgehead atoms. The lowest BCUT2D eigenvalue weighted by molar-refractivity contribution is 1.12. The lowest BCUT2D eigenvalue weighted by Gasteiger charge is -1.92. The summed E-state index contributed by atoms with van der Waals surface area (Å²) in [6, 6.07) is 30.9. The first-order valence-electron chi connectivity index (χ1n) is 12.7. The van der Waals surface area contributed by atoms with Gasteiger partial charge in [-0.15, -0.1) is 0 Å². The van der Waals surface area contributed by atoms with E-state index >= 15 is 0 Å². The monoisotopic (exact) mass is 536 g/mol. The van der Waals surface area contributed by atoms with Crippen molar-refractivity contribution in [3.05, 3.63) is 151 Å². The lowest BCUT2D eigenvalue weighted by Crippen LogP contribution is -2.07.